The first kappa shape index (κ1) is 13.5. The number of H-pyrrole nitrogens is 1. The van der Waals surface area contributed by atoms with Crippen molar-refractivity contribution in [3.63, 3.8) is 0 Å². The smallest absolute Gasteiger partial charge is 0.335 e. The molecule has 0 aliphatic heterocycles. The average molecular weight is 303 g/mol. The van der Waals surface area contributed by atoms with Crippen molar-refractivity contribution < 1.29 is 9.90 Å². The Bertz CT molecular complexity index is 1050. The van der Waals surface area contributed by atoms with Gasteiger partial charge in [0.15, 0.2) is 0 Å². The van der Waals surface area contributed by atoms with Crippen molar-refractivity contribution in [3.05, 3.63) is 59.8 Å². The molecule has 2 heterocycles. The van der Waals surface area contributed by atoms with Crippen LogP contribution in [0.5, 0.6) is 0 Å². The SMILES string of the molecule is Cc1cc(-c2ccc(C(=O)O)cc2)nc2ccc3[nH]ncc3c12. The Morgan fingerprint density at radius 3 is 2.65 bits per heavy atom. The lowest BCUT2D eigenvalue weighted by atomic mass is 10.0. The zero-order valence-electron chi connectivity index (χ0n) is 12.4. The zero-order chi connectivity index (χ0) is 16.0. The lowest BCUT2D eigenvalue weighted by Crippen LogP contribution is -1.95. The minimum atomic E-state index is -0.929. The van der Waals surface area contributed by atoms with Gasteiger partial charge in [0.25, 0.3) is 0 Å². The summed E-state index contributed by atoms with van der Waals surface area (Å²) in [7, 11) is 0. The number of carbonyl (C=O) groups is 1. The third-order valence-electron chi connectivity index (χ3n) is 4.02. The number of pyridine rings is 1. The number of aromatic nitrogens is 3. The maximum Gasteiger partial charge on any atom is 0.335 e. The number of carboxylic acids is 1. The Morgan fingerprint density at radius 2 is 1.91 bits per heavy atom. The number of carboxylic acid groups (broad SMARTS) is 1. The summed E-state index contributed by atoms with van der Waals surface area (Å²) in [5.41, 5.74) is 4.99. The van der Waals surface area contributed by atoms with Crippen LogP contribution in [0.15, 0.2) is 48.7 Å². The van der Waals surface area contributed by atoms with E-state index in [-0.39, 0.29) is 5.56 Å². The molecule has 0 saturated carbocycles. The van der Waals surface area contributed by atoms with E-state index in [1.54, 1.807) is 24.3 Å². The highest BCUT2D eigenvalue weighted by Crippen LogP contribution is 2.29. The molecule has 0 atom stereocenters. The highest BCUT2D eigenvalue weighted by atomic mass is 16.4. The van der Waals surface area contributed by atoms with Crippen molar-refractivity contribution in [1.29, 1.82) is 0 Å². The Balaban J connectivity index is 1.91. The molecule has 4 rings (SSSR count). The second-order valence-electron chi connectivity index (χ2n) is 5.50. The van der Waals surface area contributed by atoms with E-state index in [0.717, 1.165) is 38.6 Å². The van der Waals surface area contributed by atoms with Gasteiger partial charge in [0.2, 0.25) is 0 Å². The van der Waals surface area contributed by atoms with E-state index in [2.05, 4.69) is 10.2 Å². The van der Waals surface area contributed by atoms with Gasteiger partial charge in [-0.1, -0.05) is 12.1 Å². The van der Waals surface area contributed by atoms with E-state index < -0.39 is 5.97 Å². The molecule has 0 unspecified atom stereocenters. The van der Waals surface area contributed by atoms with Crippen LogP contribution < -0.4 is 0 Å². The summed E-state index contributed by atoms with van der Waals surface area (Å²) in [6.07, 6.45) is 1.81. The normalized spacial score (nSPS) is 11.2. The van der Waals surface area contributed by atoms with Gasteiger partial charge in [0.05, 0.1) is 28.5 Å². The van der Waals surface area contributed by atoms with Gasteiger partial charge in [-0.3, -0.25) is 5.10 Å². The Kier molecular flexibility index (Phi) is 2.87. The number of nitrogens with zero attached hydrogens (tertiary/aromatic N) is 2. The summed E-state index contributed by atoms with van der Waals surface area (Å²) in [6.45, 7) is 2.05. The molecular weight excluding hydrogens is 290 g/mol. The molecule has 23 heavy (non-hydrogen) atoms. The molecular formula is C18H13N3O2. The van der Waals surface area contributed by atoms with Gasteiger partial charge in [-0.2, -0.15) is 5.10 Å². The van der Waals surface area contributed by atoms with Crippen molar-refractivity contribution in [2.45, 2.75) is 6.92 Å². The third-order valence-corrected chi connectivity index (χ3v) is 4.02. The van der Waals surface area contributed by atoms with E-state index in [0.29, 0.717) is 0 Å². The number of benzene rings is 2. The molecule has 5 heteroatoms. The fourth-order valence-electron chi connectivity index (χ4n) is 2.88. The number of hydrogen-bond donors (Lipinski definition) is 2. The lowest BCUT2D eigenvalue weighted by Gasteiger charge is -2.08. The maximum atomic E-state index is 11.0. The predicted molar refractivity (Wildman–Crippen MR) is 88.5 cm³/mol. The van der Waals surface area contributed by atoms with Crippen LogP contribution in [0.2, 0.25) is 0 Å². The largest absolute Gasteiger partial charge is 0.478 e. The van der Waals surface area contributed by atoms with Crippen LogP contribution >= 0.6 is 0 Å². The minimum Gasteiger partial charge on any atom is -0.478 e. The molecule has 0 saturated heterocycles. The van der Waals surface area contributed by atoms with Crippen LogP contribution in [0, 0.1) is 6.92 Å². The summed E-state index contributed by atoms with van der Waals surface area (Å²) in [5.74, 6) is -0.929. The first-order valence-corrected chi connectivity index (χ1v) is 7.20. The van der Waals surface area contributed by atoms with Gasteiger partial charge in [0, 0.05) is 16.3 Å². The van der Waals surface area contributed by atoms with Crippen molar-refractivity contribution in [3.8, 4) is 11.3 Å². The topological polar surface area (TPSA) is 78.9 Å². The Morgan fingerprint density at radius 1 is 1.13 bits per heavy atom. The van der Waals surface area contributed by atoms with Crippen LogP contribution in [0.3, 0.4) is 0 Å². The zero-order valence-corrected chi connectivity index (χ0v) is 12.4. The van der Waals surface area contributed by atoms with Gasteiger partial charge < -0.3 is 5.11 Å². The van der Waals surface area contributed by atoms with Gasteiger partial charge >= 0.3 is 5.97 Å². The number of aromatic carboxylic acids is 1. The molecule has 0 amide bonds. The monoisotopic (exact) mass is 303 g/mol. The molecule has 0 aliphatic rings. The van der Waals surface area contributed by atoms with Crippen molar-refractivity contribution in [2.75, 3.05) is 0 Å². The molecule has 0 aliphatic carbocycles. The fourth-order valence-corrected chi connectivity index (χ4v) is 2.88. The van der Waals surface area contributed by atoms with Crippen molar-refractivity contribution in [2.24, 2.45) is 0 Å². The second kappa shape index (κ2) is 4.91. The molecule has 2 aromatic carbocycles. The number of hydrogen-bond acceptors (Lipinski definition) is 3. The highest BCUT2D eigenvalue weighted by molar-refractivity contribution is 6.06. The van der Waals surface area contributed by atoms with Gasteiger partial charge in [-0.05, 0) is 42.8 Å². The average Bonchev–Trinajstić information content (AvgIpc) is 3.03. The van der Waals surface area contributed by atoms with Crippen LogP contribution in [-0.2, 0) is 0 Å². The minimum absolute atomic E-state index is 0.270. The van der Waals surface area contributed by atoms with E-state index in [1.807, 2.05) is 31.3 Å². The molecule has 0 spiro atoms. The Hall–Kier alpha value is -3.21. The summed E-state index contributed by atoms with van der Waals surface area (Å²) >= 11 is 0. The molecule has 0 fully saturated rings. The maximum absolute atomic E-state index is 11.0. The number of aryl methyl sites for hydroxylation is 1. The van der Waals surface area contributed by atoms with Gasteiger partial charge in [-0.15, -0.1) is 0 Å². The van der Waals surface area contributed by atoms with Gasteiger partial charge in [-0.25, -0.2) is 9.78 Å². The van der Waals surface area contributed by atoms with Crippen LogP contribution in [0.1, 0.15) is 15.9 Å². The van der Waals surface area contributed by atoms with E-state index >= 15 is 0 Å². The number of nitrogens with one attached hydrogen (secondary N) is 1. The van der Waals surface area contributed by atoms with Crippen LogP contribution in [0.25, 0.3) is 33.1 Å². The number of fused-ring (bicyclic) bond motifs is 3. The first-order valence-electron chi connectivity index (χ1n) is 7.20. The van der Waals surface area contributed by atoms with E-state index in [1.165, 1.54) is 0 Å². The van der Waals surface area contributed by atoms with Crippen LogP contribution in [-0.4, -0.2) is 26.3 Å². The van der Waals surface area contributed by atoms with Gasteiger partial charge in [0.1, 0.15) is 0 Å². The van der Waals surface area contributed by atoms with E-state index in [9.17, 15) is 4.79 Å². The summed E-state index contributed by atoms with van der Waals surface area (Å²) in [4.78, 5) is 15.7. The molecule has 2 aromatic heterocycles. The number of aromatic amines is 1. The molecule has 0 bridgehead atoms. The summed E-state index contributed by atoms with van der Waals surface area (Å²) in [6, 6.07) is 12.7. The standard InChI is InChI=1S/C18H13N3O2/c1-10-8-16(11-2-4-12(5-3-11)18(22)23)20-15-7-6-14-13(17(10)15)9-19-21-14/h2-9H,1H3,(H,19,21)(H,22,23). The first-order chi connectivity index (χ1) is 11.1. The van der Waals surface area contributed by atoms with Crippen LogP contribution in [0.4, 0.5) is 0 Å². The van der Waals surface area contributed by atoms with E-state index in [4.69, 9.17) is 10.1 Å². The molecule has 4 aromatic rings. The Labute approximate surface area is 131 Å². The second-order valence-corrected chi connectivity index (χ2v) is 5.50. The quantitative estimate of drug-likeness (QED) is 0.590. The molecule has 0 radical (unpaired) electrons. The van der Waals surface area contributed by atoms with Crippen molar-refractivity contribution in [1.82, 2.24) is 15.2 Å². The lowest BCUT2D eigenvalue weighted by molar-refractivity contribution is 0.0697. The molecule has 2 N–H and O–H groups in total. The third kappa shape index (κ3) is 2.14. The number of rotatable bonds is 2. The summed E-state index contributed by atoms with van der Waals surface area (Å²) < 4.78 is 0. The highest BCUT2D eigenvalue weighted by Gasteiger charge is 2.10. The molecule has 112 valence electrons. The molecule has 5 nitrogen and oxygen atoms in total. The fraction of sp³-hybridized carbons (Fsp3) is 0.0556. The van der Waals surface area contributed by atoms with Crippen molar-refractivity contribution >= 4 is 27.8 Å². The summed E-state index contributed by atoms with van der Waals surface area (Å²) in [5, 5.41) is 18.2. The predicted octanol–water partition coefficient (Wildman–Crippen LogP) is 3.78.